The minimum absolute atomic E-state index is 0.582. The van der Waals surface area contributed by atoms with Gasteiger partial charge >= 0.3 is 0 Å². The van der Waals surface area contributed by atoms with Crippen LogP contribution in [0.25, 0.3) is 0 Å². The van der Waals surface area contributed by atoms with Crippen LogP contribution in [0.5, 0.6) is 0 Å². The largest absolute Gasteiger partial charge is 0.227 e. The summed E-state index contributed by atoms with van der Waals surface area (Å²) in [6.45, 7) is -0.582. The molecular formula is C2H3ClFO2. The second-order valence-electron chi connectivity index (χ2n) is 0.676. The molecule has 1 atom stereocenters. The monoisotopic (exact) mass is 113 g/mol. The smallest absolute Gasteiger partial charge is 0.199 e. The second-order valence-corrected chi connectivity index (χ2v) is 1.15. The number of hydrogen-bond donors (Lipinski definition) is 0. The first-order valence-corrected chi connectivity index (χ1v) is 1.74. The van der Waals surface area contributed by atoms with Gasteiger partial charge < -0.3 is 0 Å². The molecule has 0 aliphatic heterocycles. The van der Waals surface area contributed by atoms with E-state index in [1.54, 1.807) is 0 Å². The van der Waals surface area contributed by atoms with E-state index in [4.69, 9.17) is 5.26 Å². The summed E-state index contributed by atoms with van der Waals surface area (Å²) in [6.07, 6.45) is 0. The molecule has 0 aromatic carbocycles. The Morgan fingerprint density at radius 1 is 2.00 bits per heavy atom. The molecule has 0 amide bonds. The van der Waals surface area contributed by atoms with Crippen LogP contribution in [0.15, 0.2) is 0 Å². The molecule has 1 radical (unpaired) electrons. The van der Waals surface area contributed by atoms with E-state index in [9.17, 15) is 4.39 Å². The molecule has 37 valence electrons. The molecule has 0 bridgehead atoms. The average Bonchev–Trinajstić information content (AvgIpc) is 1.35. The van der Waals surface area contributed by atoms with E-state index in [0.29, 0.717) is 0 Å². The Morgan fingerprint density at radius 3 is 2.50 bits per heavy atom. The highest BCUT2D eigenvalue weighted by molar-refractivity contribution is 6.19. The van der Waals surface area contributed by atoms with Crippen LogP contribution in [0, 0.1) is 0 Å². The van der Waals surface area contributed by atoms with Crippen LogP contribution in [-0.4, -0.2) is 12.2 Å². The van der Waals surface area contributed by atoms with Crippen LogP contribution in [0.1, 0.15) is 0 Å². The van der Waals surface area contributed by atoms with Crippen LogP contribution >= 0.6 is 11.6 Å². The van der Waals surface area contributed by atoms with Crippen molar-refractivity contribution in [1.82, 2.24) is 0 Å². The third-order valence-electron chi connectivity index (χ3n) is 0.194. The lowest BCUT2D eigenvalue weighted by Gasteiger charge is -1.87. The lowest BCUT2D eigenvalue weighted by atomic mass is 10.8. The minimum Gasteiger partial charge on any atom is -0.227 e. The molecule has 0 rings (SSSR count). The fourth-order valence-corrected chi connectivity index (χ4v) is 0.103. The number of halogens is 2. The van der Waals surface area contributed by atoms with Crippen LogP contribution in [0.2, 0.25) is 0 Å². The Hall–Kier alpha value is 0.140. The molecule has 0 aliphatic rings. The topological polar surface area (TPSA) is 29.1 Å². The van der Waals surface area contributed by atoms with E-state index in [-0.39, 0.29) is 0 Å². The summed E-state index contributed by atoms with van der Waals surface area (Å²) in [5.41, 5.74) is -1.66. The van der Waals surface area contributed by atoms with E-state index < -0.39 is 12.2 Å². The first-order chi connectivity index (χ1) is 2.77. The zero-order valence-corrected chi connectivity index (χ0v) is 3.61. The highest BCUT2D eigenvalue weighted by Gasteiger charge is 1.96. The average molecular weight is 113 g/mol. The molecule has 0 N–H and O–H groups in total. The van der Waals surface area contributed by atoms with Gasteiger partial charge in [-0.2, -0.15) is 4.89 Å². The number of alkyl halides is 2. The van der Waals surface area contributed by atoms with Crippen molar-refractivity contribution in [1.29, 1.82) is 0 Å². The van der Waals surface area contributed by atoms with Gasteiger partial charge in [0.15, 0.2) is 5.63 Å². The fraction of sp³-hybridized carbons (Fsp3) is 1.00. The van der Waals surface area contributed by atoms with Crippen molar-refractivity contribution in [2.45, 2.75) is 5.63 Å². The molecule has 4 heteroatoms. The molecular weight excluding hydrogens is 110 g/mol. The molecule has 0 fully saturated rings. The quantitative estimate of drug-likeness (QED) is 0.297. The third-order valence-corrected chi connectivity index (χ3v) is 0.320. The summed E-state index contributed by atoms with van der Waals surface area (Å²) in [5.74, 6) is 0. The highest BCUT2D eigenvalue weighted by atomic mass is 35.5. The van der Waals surface area contributed by atoms with Gasteiger partial charge in [0.05, 0.1) is 0 Å². The molecule has 0 aromatic rings. The molecule has 0 spiro atoms. The van der Waals surface area contributed by atoms with E-state index in [1.165, 1.54) is 0 Å². The first kappa shape index (κ1) is 6.14. The Kier molecular flexibility index (Phi) is 3.41. The Bertz CT molecular complexity index is 32.7. The maximum Gasteiger partial charge on any atom is 0.199 e. The second kappa shape index (κ2) is 3.33. The van der Waals surface area contributed by atoms with E-state index in [1.807, 2.05) is 0 Å². The summed E-state index contributed by atoms with van der Waals surface area (Å²) >= 11 is 4.59. The normalized spacial score (nSPS) is 14.5. The summed E-state index contributed by atoms with van der Waals surface area (Å²) in [7, 11) is 0. The standard InChI is InChI=1S/C2H3ClFO2/c3-2(4)1-6-5/h2H,1H2. The van der Waals surface area contributed by atoms with Crippen molar-refractivity contribution >= 4 is 11.6 Å². The van der Waals surface area contributed by atoms with Gasteiger partial charge in [-0.1, -0.05) is 11.6 Å². The number of hydrogen-bond acceptors (Lipinski definition) is 1. The molecule has 6 heavy (non-hydrogen) atoms. The Labute approximate surface area is 39.4 Å². The van der Waals surface area contributed by atoms with E-state index in [2.05, 4.69) is 16.5 Å². The molecule has 1 unspecified atom stereocenters. The minimum atomic E-state index is -1.66. The SMILES string of the molecule is [O]OCC(F)Cl. The van der Waals surface area contributed by atoms with Crippen molar-refractivity contribution in [3.8, 4) is 0 Å². The Morgan fingerprint density at radius 2 is 2.50 bits per heavy atom. The van der Waals surface area contributed by atoms with Crippen molar-refractivity contribution in [2.75, 3.05) is 6.61 Å². The van der Waals surface area contributed by atoms with Crippen molar-refractivity contribution in [2.24, 2.45) is 0 Å². The molecule has 0 heterocycles. The fourth-order valence-electron chi connectivity index (χ4n) is 0.0514. The molecule has 0 aliphatic carbocycles. The number of rotatable bonds is 2. The van der Waals surface area contributed by atoms with Crippen molar-refractivity contribution < 1.29 is 14.5 Å². The van der Waals surface area contributed by atoms with Gasteiger partial charge in [-0.3, -0.25) is 0 Å². The van der Waals surface area contributed by atoms with Gasteiger partial charge in [-0.15, -0.1) is 0 Å². The van der Waals surface area contributed by atoms with Crippen molar-refractivity contribution in [3.63, 3.8) is 0 Å². The lowest BCUT2D eigenvalue weighted by Crippen LogP contribution is -1.97. The van der Waals surface area contributed by atoms with Crippen molar-refractivity contribution in [3.05, 3.63) is 0 Å². The van der Waals surface area contributed by atoms with Gasteiger partial charge in [0.25, 0.3) is 0 Å². The predicted octanol–water partition coefficient (Wildman–Crippen LogP) is 0.883. The molecule has 0 saturated heterocycles. The van der Waals surface area contributed by atoms with E-state index in [0.717, 1.165) is 0 Å². The zero-order valence-electron chi connectivity index (χ0n) is 2.86. The van der Waals surface area contributed by atoms with Crippen LogP contribution in [0.4, 0.5) is 4.39 Å². The van der Waals surface area contributed by atoms with Crippen LogP contribution in [-0.2, 0) is 10.1 Å². The highest BCUT2D eigenvalue weighted by Crippen LogP contribution is 1.94. The van der Waals surface area contributed by atoms with Crippen LogP contribution in [0.3, 0.4) is 0 Å². The van der Waals surface area contributed by atoms with Gasteiger partial charge in [0.2, 0.25) is 0 Å². The third kappa shape index (κ3) is 4.14. The van der Waals surface area contributed by atoms with Crippen LogP contribution < -0.4 is 0 Å². The maximum atomic E-state index is 11.1. The first-order valence-electron chi connectivity index (χ1n) is 1.30. The van der Waals surface area contributed by atoms with Gasteiger partial charge in [0, 0.05) is 0 Å². The predicted molar refractivity (Wildman–Crippen MR) is 17.4 cm³/mol. The lowest BCUT2D eigenvalue weighted by molar-refractivity contribution is -0.306. The molecule has 0 aromatic heterocycles. The van der Waals surface area contributed by atoms with Gasteiger partial charge in [-0.25, -0.2) is 4.39 Å². The summed E-state index contributed by atoms with van der Waals surface area (Å²) in [5, 5.41) is 8.92. The Balaban J connectivity index is 2.63. The zero-order chi connectivity index (χ0) is 4.99. The van der Waals surface area contributed by atoms with Gasteiger partial charge in [0.1, 0.15) is 6.61 Å². The van der Waals surface area contributed by atoms with E-state index >= 15 is 0 Å². The summed E-state index contributed by atoms with van der Waals surface area (Å²) < 4.78 is 11.1. The molecule has 2 nitrogen and oxygen atoms in total. The molecule has 0 saturated carbocycles. The maximum absolute atomic E-state index is 11.1. The summed E-state index contributed by atoms with van der Waals surface area (Å²) in [6, 6.07) is 0. The van der Waals surface area contributed by atoms with Gasteiger partial charge in [-0.05, 0) is 5.26 Å². The summed E-state index contributed by atoms with van der Waals surface area (Å²) in [4.78, 5) is 3.05.